The van der Waals surface area contributed by atoms with Gasteiger partial charge in [0.05, 0.1) is 4.90 Å². The van der Waals surface area contributed by atoms with E-state index in [2.05, 4.69) is 0 Å². The summed E-state index contributed by atoms with van der Waals surface area (Å²) in [7, 11) is -4.09. The van der Waals surface area contributed by atoms with Crippen LogP contribution in [0.2, 0.25) is 0 Å². The number of benzene rings is 1. The Morgan fingerprint density at radius 3 is 2.06 bits per heavy atom. The topological polar surface area (TPSA) is 37.4 Å². The second kappa shape index (κ2) is 4.51. The number of sulfonamides is 1. The summed E-state index contributed by atoms with van der Waals surface area (Å²) in [5, 5.41) is 0. The van der Waals surface area contributed by atoms with Gasteiger partial charge in [-0.25, -0.2) is 26.0 Å². The van der Waals surface area contributed by atoms with Gasteiger partial charge in [0, 0.05) is 25.1 Å². The Hall–Kier alpha value is -1.15. The highest BCUT2D eigenvalue weighted by Crippen LogP contribution is 2.29. The molecule has 1 heterocycles. The summed E-state index contributed by atoms with van der Waals surface area (Å²) in [6.45, 7) is -0.670. The predicted octanol–water partition coefficient (Wildman–Crippen LogP) is 1.85. The fourth-order valence-electron chi connectivity index (χ4n) is 1.65. The Morgan fingerprint density at radius 1 is 1.11 bits per heavy atom. The van der Waals surface area contributed by atoms with Gasteiger partial charge in [-0.2, -0.15) is 4.31 Å². The lowest BCUT2D eigenvalue weighted by Crippen LogP contribution is -2.52. The summed E-state index contributed by atoms with van der Waals surface area (Å²) >= 11 is 0. The predicted molar refractivity (Wildman–Crippen MR) is 54.6 cm³/mol. The minimum atomic E-state index is -4.09. The average molecular weight is 283 g/mol. The Bertz CT molecular complexity index is 535. The van der Waals surface area contributed by atoms with Crippen LogP contribution in [0.4, 0.5) is 17.6 Å². The third-order valence-electron chi connectivity index (χ3n) is 2.71. The minimum Gasteiger partial charge on any atom is -0.210 e. The van der Waals surface area contributed by atoms with Crippen molar-refractivity contribution in [2.75, 3.05) is 13.1 Å². The first kappa shape index (κ1) is 13.3. The van der Waals surface area contributed by atoms with Crippen LogP contribution in [0.3, 0.4) is 0 Å². The molecule has 1 aromatic rings. The van der Waals surface area contributed by atoms with Crippen LogP contribution in [0.5, 0.6) is 0 Å². The quantitative estimate of drug-likeness (QED) is 0.794. The maximum Gasteiger partial charge on any atom is 0.243 e. The number of nitrogens with zero attached hydrogens (tertiary/aromatic N) is 1. The SMILES string of the molecule is O=S(=O)(c1cc(F)cc(F)c1)N1CC(C(F)F)C1. The molecule has 0 aromatic heterocycles. The first-order valence-electron chi connectivity index (χ1n) is 5.05. The van der Waals surface area contributed by atoms with E-state index < -0.39 is 38.9 Å². The Balaban J connectivity index is 2.22. The molecule has 8 heteroatoms. The van der Waals surface area contributed by atoms with Crippen molar-refractivity contribution in [3.05, 3.63) is 29.8 Å². The van der Waals surface area contributed by atoms with Gasteiger partial charge in [-0.3, -0.25) is 0 Å². The lowest BCUT2D eigenvalue weighted by atomic mass is 10.1. The zero-order chi connectivity index (χ0) is 13.5. The number of alkyl halides is 2. The molecule has 1 saturated heterocycles. The molecule has 0 saturated carbocycles. The van der Waals surface area contributed by atoms with E-state index in [-0.39, 0.29) is 13.1 Å². The van der Waals surface area contributed by atoms with E-state index in [9.17, 15) is 26.0 Å². The van der Waals surface area contributed by atoms with E-state index >= 15 is 0 Å². The van der Waals surface area contributed by atoms with Crippen LogP contribution in [0.1, 0.15) is 0 Å². The second-order valence-corrected chi connectivity index (χ2v) is 5.96. The van der Waals surface area contributed by atoms with Crippen LogP contribution >= 0.6 is 0 Å². The standard InChI is InChI=1S/C10H9F4NO2S/c11-7-1-8(12)3-9(2-7)18(16,17)15-4-6(5-15)10(13)14/h1-3,6,10H,4-5H2. The molecule has 1 fully saturated rings. The van der Waals surface area contributed by atoms with E-state index in [0.29, 0.717) is 18.2 Å². The molecule has 0 bridgehead atoms. The van der Waals surface area contributed by atoms with E-state index in [1.54, 1.807) is 0 Å². The molecule has 1 aromatic carbocycles. The fraction of sp³-hybridized carbons (Fsp3) is 0.400. The summed E-state index contributed by atoms with van der Waals surface area (Å²) in [4.78, 5) is -0.562. The highest BCUT2D eigenvalue weighted by Gasteiger charge is 2.41. The lowest BCUT2D eigenvalue weighted by molar-refractivity contribution is 0.0123. The van der Waals surface area contributed by atoms with Crippen LogP contribution in [0.25, 0.3) is 0 Å². The molecule has 2 rings (SSSR count). The van der Waals surface area contributed by atoms with Crippen molar-refractivity contribution < 1.29 is 26.0 Å². The summed E-state index contributed by atoms with van der Waals surface area (Å²) in [5.74, 6) is -3.07. The molecule has 0 amide bonds. The maximum atomic E-state index is 12.9. The van der Waals surface area contributed by atoms with Gasteiger partial charge in [-0.05, 0) is 12.1 Å². The van der Waals surface area contributed by atoms with E-state index in [0.717, 1.165) is 4.31 Å². The minimum absolute atomic E-state index is 0.335. The molecular weight excluding hydrogens is 274 g/mol. The normalized spacial score (nSPS) is 18.1. The van der Waals surface area contributed by atoms with Gasteiger partial charge in [0.1, 0.15) is 11.6 Å². The van der Waals surface area contributed by atoms with Gasteiger partial charge in [0.15, 0.2) is 0 Å². The highest BCUT2D eigenvalue weighted by atomic mass is 32.2. The van der Waals surface area contributed by atoms with Crippen molar-refractivity contribution in [2.24, 2.45) is 5.92 Å². The third-order valence-corrected chi connectivity index (χ3v) is 4.52. The van der Waals surface area contributed by atoms with Crippen LogP contribution in [-0.2, 0) is 10.0 Å². The van der Waals surface area contributed by atoms with Gasteiger partial charge in [0.25, 0.3) is 0 Å². The van der Waals surface area contributed by atoms with Gasteiger partial charge in [-0.1, -0.05) is 0 Å². The molecule has 0 spiro atoms. The number of hydrogen-bond acceptors (Lipinski definition) is 2. The molecule has 0 radical (unpaired) electrons. The van der Waals surface area contributed by atoms with Crippen molar-refractivity contribution in [2.45, 2.75) is 11.3 Å². The zero-order valence-corrected chi connectivity index (χ0v) is 9.80. The smallest absolute Gasteiger partial charge is 0.210 e. The van der Waals surface area contributed by atoms with Crippen LogP contribution in [0.15, 0.2) is 23.1 Å². The van der Waals surface area contributed by atoms with E-state index in [4.69, 9.17) is 0 Å². The second-order valence-electron chi connectivity index (χ2n) is 4.02. The van der Waals surface area contributed by atoms with Gasteiger partial charge >= 0.3 is 0 Å². The van der Waals surface area contributed by atoms with Crippen LogP contribution < -0.4 is 0 Å². The molecular formula is C10H9F4NO2S. The summed E-state index contributed by atoms with van der Waals surface area (Å²) < 4.78 is 74.7. The molecule has 18 heavy (non-hydrogen) atoms. The summed E-state index contributed by atoms with van der Waals surface area (Å²) in [6.07, 6.45) is -2.60. The summed E-state index contributed by atoms with van der Waals surface area (Å²) in [5.41, 5.74) is 0. The first-order chi connectivity index (χ1) is 8.30. The van der Waals surface area contributed by atoms with E-state index in [1.807, 2.05) is 0 Å². The van der Waals surface area contributed by atoms with Crippen molar-refractivity contribution in [3.63, 3.8) is 0 Å². The largest absolute Gasteiger partial charge is 0.243 e. The molecule has 3 nitrogen and oxygen atoms in total. The van der Waals surface area contributed by atoms with Crippen molar-refractivity contribution in [1.82, 2.24) is 4.31 Å². The molecule has 100 valence electrons. The molecule has 0 aliphatic carbocycles. The molecule has 0 N–H and O–H groups in total. The fourth-order valence-corrected chi connectivity index (χ4v) is 3.25. The lowest BCUT2D eigenvalue weighted by Gasteiger charge is -2.37. The van der Waals surface area contributed by atoms with E-state index in [1.165, 1.54) is 0 Å². The van der Waals surface area contributed by atoms with Crippen molar-refractivity contribution in [3.8, 4) is 0 Å². The summed E-state index contributed by atoms with van der Waals surface area (Å²) in [6, 6.07) is 1.86. The Kier molecular flexibility index (Phi) is 3.33. The molecule has 1 aliphatic rings. The highest BCUT2D eigenvalue weighted by molar-refractivity contribution is 7.89. The number of halogens is 4. The number of hydrogen-bond donors (Lipinski definition) is 0. The van der Waals surface area contributed by atoms with Gasteiger partial charge in [0.2, 0.25) is 16.4 Å². The van der Waals surface area contributed by atoms with Gasteiger partial charge in [-0.15, -0.1) is 0 Å². The first-order valence-corrected chi connectivity index (χ1v) is 6.49. The zero-order valence-electron chi connectivity index (χ0n) is 8.98. The molecule has 0 atom stereocenters. The van der Waals surface area contributed by atoms with Crippen molar-refractivity contribution in [1.29, 1.82) is 0 Å². The van der Waals surface area contributed by atoms with Crippen LogP contribution in [0, 0.1) is 17.6 Å². The van der Waals surface area contributed by atoms with Crippen LogP contribution in [-0.4, -0.2) is 32.2 Å². The molecule has 1 aliphatic heterocycles. The average Bonchev–Trinajstić information content (AvgIpc) is 2.11. The molecule has 0 unspecified atom stereocenters. The van der Waals surface area contributed by atoms with Gasteiger partial charge < -0.3 is 0 Å². The maximum absolute atomic E-state index is 12.9. The number of rotatable bonds is 3. The third kappa shape index (κ3) is 2.35. The Labute approximate surface area is 101 Å². The Morgan fingerprint density at radius 2 is 1.61 bits per heavy atom. The monoisotopic (exact) mass is 283 g/mol. The van der Waals surface area contributed by atoms with Crippen molar-refractivity contribution >= 4 is 10.0 Å².